The number of aliphatic hydroxyl groups is 1. The Hall–Kier alpha value is -4.93. The summed E-state index contributed by atoms with van der Waals surface area (Å²) in [5.74, 6) is -0.527. The second-order valence-electron chi connectivity index (χ2n) is 17.7. The Bertz CT molecular complexity index is 2460. The van der Waals surface area contributed by atoms with Gasteiger partial charge in [-0.2, -0.15) is 0 Å². The van der Waals surface area contributed by atoms with Gasteiger partial charge < -0.3 is 25.8 Å². The van der Waals surface area contributed by atoms with Crippen molar-refractivity contribution < 1.29 is 28.0 Å². The highest BCUT2D eigenvalue weighted by atomic mass is 35.5. The van der Waals surface area contributed by atoms with Crippen LogP contribution in [0.25, 0.3) is 5.57 Å². The number of carbonyl (C=O) groups excluding carboxylic acids is 1. The Morgan fingerprint density at radius 1 is 1.00 bits per heavy atom. The fourth-order valence-electron chi connectivity index (χ4n) is 8.46. The monoisotopic (exact) mass is 905 g/mol. The second-order valence-corrected chi connectivity index (χ2v) is 20.2. The fraction of sp³-hybridized carbons (Fsp3) is 0.422. The molecule has 0 bridgehead atoms. The van der Waals surface area contributed by atoms with Crippen molar-refractivity contribution in [3.05, 3.63) is 110 Å². The number of piperazine rings is 1. The van der Waals surface area contributed by atoms with Crippen molar-refractivity contribution in [2.24, 2.45) is 11.3 Å². The third-order valence-corrected chi connectivity index (χ3v) is 14.2. The van der Waals surface area contributed by atoms with Gasteiger partial charge in [-0.15, -0.1) is 0 Å². The summed E-state index contributed by atoms with van der Waals surface area (Å²) >= 11 is 12.5. The first kappa shape index (κ1) is 45.1. The number of nitro benzene ring substituents is 1. The molecule has 4 aromatic rings. The number of allylic oxidation sites excluding steroid dienone is 1. The lowest BCUT2D eigenvalue weighted by Gasteiger charge is -2.39. The van der Waals surface area contributed by atoms with Crippen molar-refractivity contribution in [1.82, 2.24) is 14.6 Å². The van der Waals surface area contributed by atoms with Crippen molar-refractivity contribution in [3.8, 4) is 11.5 Å². The topological polar surface area (TPSA) is 193 Å². The van der Waals surface area contributed by atoms with Gasteiger partial charge in [0.25, 0.3) is 21.6 Å². The molecule has 330 valence electrons. The molecule has 0 spiro atoms. The summed E-state index contributed by atoms with van der Waals surface area (Å²) < 4.78 is 35.5. The van der Waals surface area contributed by atoms with Crippen LogP contribution in [0.1, 0.15) is 81.6 Å². The smallest absolute Gasteiger partial charge is 0.293 e. The molecular formula is C45H53Cl2N7O7S. The number of benzene rings is 3. The SMILES string of the molecule is CC1(C)CCC(CN2CCN(c3ccc(C(=O)NS(=O)(=O)c4ccc(NCC5CCC(C)(O)CC5)c([N+](=O)[O-])c4)c(Oc4cnc(N)c(Cl)c4)c3)CC2)=C(c2ccc(Cl)cc2)C1. The molecule has 3 aliphatic rings. The molecule has 1 aromatic heterocycles. The number of rotatable bonds is 13. The number of ether oxygens (including phenoxy) is 1. The second kappa shape index (κ2) is 18.4. The molecule has 1 saturated heterocycles. The number of nitrogens with one attached hydrogen (secondary N) is 2. The number of halogens is 2. The van der Waals surface area contributed by atoms with Gasteiger partial charge in [0.05, 0.1) is 32.2 Å². The largest absolute Gasteiger partial charge is 0.455 e. The Morgan fingerprint density at radius 2 is 1.71 bits per heavy atom. The number of nitrogens with zero attached hydrogens (tertiary/aromatic N) is 4. The Balaban J connectivity index is 1.07. The van der Waals surface area contributed by atoms with Crippen molar-refractivity contribution in [2.45, 2.75) is 76.2 Å². The molecule has 3 aromatic carbocycles. The molecule has 17 heteroatoms. The third-order valence-electron chi connectivity index (χ3n) is 12.3. The van der Waals surface area contributed by atoms with Gasteiger partial charge in [-0.25, -0.2) is 18.1 Å². The number of pyridine rings is 1. The predicted molar refractivity (Wildman–Crippen MR) is 244 cm³/mol. The Morgan fingerprint density at radius 3 is 2.39 bits per heavy atom. The minimum absolute atomic E-state index is 0.0394. The summed E-state index contributed by atoms with van der Waals surface area (Å²) in [6.07, 6.45) is 7.25. The molecule has 2 heterocycles. The molecule has 14 nitrogen and oxygen atoms in total. The van der Waals surface area contributed by atoms with E-state index in [4.69, 9.17) is 33.7 Å². The summed E-state index contributed by atoms with van der Waals surface area (Å²) in [6, 6.07) is 17.9. The van der Waals surface area contributed by atoms with Crippen LogP contribution in [-0.2, 0) is 10.0 Å². The minimum Gasteiger partial charge on any atom is -0.455 e. The normalized spacial score (nSPS) is 20.7. The zero-order valence-corrected chi connectivity index (χ0v) is 37.5. The van der Waals surface area contributed by atoms with Crippen LogP contribution in [0.4, 0.5) is 22.9 Å². The number of sulfonamides is 1. The van der Waals surface area contributed by atoms with Crippen LogP contribution < -0.4 is 25.4 Å². The van der Waals surface area contributed by atoms with E-state index < -0.39 is 37.0 Å². The lowest BCUT2D eigenvalue weighted by Crippen LogP contribution is -2.47. The highest BCUT2D eigenvalue weighted by Crippen LogP contribution is 2.44. The van der Waals surface area contributed by atoms with Crippen LogP contribution in [-0.4, -0.2) is 79.1 Å². The van der Waals surface area contributed by atoms with Crippen LogP contribution in [0, 0.1) is 21.4 Å². The van der Waals surface area contributed by atoms with E-state index >= 15 is 0 Å². The zero-order chi connectivity index (χ0) is 44.4. The number of nitrogen functional groups attached to an aromatic ring is 1. The van der Waals surface area contributed by atoms with Crippen molar-refractivity contribution >= 4 is 67.6 Å². The number of hydrogen-bond donors (Lipinski definition) is 4. The molecular weight excluding hydrogens is 854 g/mol. The van der Waals surface area contributed by atoms with Crippen molar-refractivity contribution in [3.63, 3.8) is 0 Å². The first-order chi connectivity index (χ1) is 29.3. The summed E-state index contributed by atoms with van der Waals surface area (Å²) in [7, 11) is -4.60. The fourth-order valence-corrected chi connectivity index (χ4v) is 9.73. The number of amides is 1. The van der Waals surface area contributed by atoms with Crippen LogP contribution in [0.2, 0.25) is 10.0 Å². The molecule has 62 heavy (non-hydrogen) atoms. The van der Waals surface area contributed by atoms with Gasteiger partial charge in [-0.1, -0.05) is 54.8 Å². The molecule has 0 radical (unpaired) electrons. The highest BCUT2D eigenvalue weighted by molar-refractivity contribution is 7.90. The number of anilines is 3. The Kier molecular flexibility index (Phi) is 13.4. The predicted octanol–water partition coefficient (Wildman–Crippen LogP) is 8.93. The van der Waals surface area contributed by atoms with E-state index in [-0.39, 0.29) is 44.9 Å². The number of hydrogen-bond acceptors (Lipinski definition) is 12. The van der Waals surface area contributed by atoms with E-state index in [0.29, 0.717) is 37.5 Å². The van der Waals surface area contributed by atoms with Gasteiger partial charge in [0, 0.05) is 68.2 Å². The quantitative estimate of drug-likeness (QED) is 0.0737. The van der Waals surface area contributed by atoms with E-state index in [1.54, 1.807) is 19.1 Å². The Labute approximate surface area is 372 Å². The summed E-state index contributed by atoms with van der Waals surface area (Å²) in [5.41, 5.74) is 9.73. The lowest BCUT2D eigenvalue weighted by atomic mass is 9.72. The molecule has 1 amide bonds. The molecule has 1 saturated carbocycles. The summed E-state index contributed by atoms with van der Waals surface area (Å²) in [6.45, 7) is 10.7. The van der Waals surface area contributed by atoms with Gasteiger partial charge in [-0.3, -0.25) is 19.8 Å². The van der Waals surface area contributed by atoms with E-state index in [2.05, 4.69) is 50.8 Å². The maximum atomic E-state index is 13.9. The van der Waals surface area contributed by atoms with E-state index in [1.165, 1.54) is 47.2 Å². The summed E-state index contributed by atoms with van der Waals surface area (Å²) in [5, 5.41) is 26.3. The van der Waals surface area contributed by atoms with Gasteiger partial charge in [0.15, 0.2) is 0 Å². The first-order valence-corrected chi connectivity index (χ1v) is 23.1. The van der Waals surface area contributed by atoms with Crippen molar-refractivity contribution in [1.29, 1.82) is 0 Å². The highest BCUT2D eigenvalue weighted by Gasteiger charge is 2.32. The van der Waals surface area contributed by atoms with Gasteiger partial charge >= 0.3 is 0 Å². The average molecular weight is 907 g/mol. The summed E-state index contributed by atoms with van der Waals surface area (Å²) in [4.78, 5) is 33.5. The van der Waals surface area contributed by atoms with Gasteiger partial charge in [-0.05, 0) is 111 Å². The number of carbonyl (C=O) groups is 1. The molecule has 2 aliphatic carbocycles. The van der Waals surface area contributed by atoms with E-state index in [1.807, 2.05) is 12.1 Å². The zero-order valence-electron chi connectivity index (χ0n) is 35.1. The lowest BCUT2D eigenvalue weighted by molar-refractivity contribution is -0.384. The number of nitrogens with two attached hydrogens (primary N) is 1. The van der Waals surface area contributed by atoms with Crippen molar-refractivity contribution in [2.75, 3.05) is 55.2 Å². The average Bonchev–Trinajstić information content (AvgIpc) is 3.22. The number of aromatic nitrogens is 1. The molecule has 7 rings (SSSR count). The minimum atomic E-state index is -4.60. The first-order valence-electron chi connectivity index (χ1n) is 20.8. The molecule has 5 N–H and O–H groups in total. The number of nitro groups is 1. The maximum Gasteiger partial charge on any atom is 0.293 e. The standard InChI is InChI=1S/C45H53Cl2N7O7S/c1-44(2)15-14-31(37(25-44)30-4-6-32(46)7-5-30)28-52-18-20-53(21-19-52)33-8-10-36(41(22-33)61-34-23-38(47)42(48)50-27-34)43(55)51-62(59,60)35-9-11-39(40(24-35)54(57)58)49-26-29-12-16-45(3,56)17-13-29/h4-11,22-24,27,29,49,56H,12-21,25-26,28H2,1-3H3,(H2,48,50)(H,51,55). The molecule has 0 atom stereocenters. The maximum absolute atomic E-state index is 13.9. The van der Waals surface area contributed by atoms with Gasteiger partial charge in [0.1, 0.15) is 23.0 Å². The van der Waals surface area contributed by atoms with Crippen LogP contribution >= 0.6 is 23.2 Å². The molecule has 2 fully saturated rings. The van der Waals surface area contributed by atoms with Crippen LogP contribution in [0.3, 0.4) is 0 Å². The third kappa shape index (κ3) is 11.0. The van der Waals surface area contributed by atoms with Crippen LogP contribution in [0.15, 0.2) is 83.4 Å². The van der Waals surface area contributed by atoms with E-state index in [0.717, 1.165) is 63.5 Å². The molecule has 0 unspecified atom stereocenters. The van der Waals surface area contributed by atoms with E-state index in [9.17, 15) is 28.4 Å². The van der Waals surface area contributed by atoms with Gasteiger partial charge in [0.2, 0.25) is 0 Å². The van der Waals surface area contributed by atoms with Crippen LogP contribution in [0.5, 0.6) is 11.5 Å². The molecule has 1 aliphatic heterocycles.